The zero-order valence-electron chi connectivity index (χ0n) is 17.9. The average molecular weight is 509 g/mol. The fraction of sp³-hybridized carbons (Fsp3) is 0.400. The minimum Gasteiger partial charge on any atom is -0.468 e. The van der Waals surface area contributed by atoms with Crippen LogP contribution in [-0.4, -0.2) is 58.7 Å². The van der Waals surface area contributed by atoms with Gasteiger partial charge in [0, 0.05) is 25.4 Å². The Kier molecular flexibility index (Phi) is 7.36. The summed E-state index contributed by atoms with van der Waals surface area (Å²) in [7, 11) is 0. The zero-order valence-corrected chi connectivity index (χ0v) is 17.9. The highest BCUT2D eigenvalue weighted by atomic mass is 19.4. The van der Waals surface area contributed by atoms with Crippen LogP contribution in [0, 0.1) is 5.82 Å². The Morgan fingerprint density at radius 3 is 2.54 bits per heavy atom. The smallest absolute Gasteiger partial charge is 0.436 e. The maximum Gasteiger partial charge on any atom is 0.436 e. The van der Waals surface area contributed by atoms with E-state index in [0.29, 0.717) is 6.07 Å². The van der Waals surface area contributed by atoms with Gasteiger partial charge in [-0.1, -0.05) is 0 Å². The standard InChI is InChI=1S/C20H18F7N5O3/c1-10-17(33)28-6-7-32(10)18(34)31-15(13-4-3-12(21)16(30-13)20(25,26)27)11-2-5-14(29-8-11)35-9-19(22,23)24/h2-5,8,10,15H,6-7,9H2,1H3,(H,28,33)(H,31,34)/t10-,15-/m1/s1. The van der Waals surface area contributed by atoms with Crippen LogP contribution < -0.4 is 15.4 Å². The summed E-state index contributed by atoms with van der Waals surface area (Å²) in [4.78, 5) is 32.9. The molecule has 15 heteroatoms. The zero-order chi connectivity index (χ0) is 26.0. The predicted octanol–water partition coefficient (Wildman–Crippen LogP) is 3.19. The number of ether oxygens (including phenoxy) is 1. The number of pyridine rings is 2. The van der Waals surface area contributed by atoms with E-state index in [0.717, 1.165) is 29.3 Å². The van der Waals surface area contributed by atoms with E-state index in [1.54, 1.807) is 0 Å². The van der Waals surface area contributed by atoms with Crippen molar-refractivity contribution in [2.75, 3.05) is 19.7 Å². The number of carbonyl (C=O) groups is 2. The van der Waals surface area contributed by atoms with E-state index < -0.39 is 66.1 Å². The third-order valence-electron chi connectivity index (χ3n) is 4.94. The lowest BCUT2D eigenvalue weighted by Gasteiger charge is -2.34. The van der Waals surface area contributed by atoms with E-state index in [1.807, 2.05) is 0 Å². The molecule has 0 aromatic carbocycles. The molecule has 35 heavy (non-hydrogen) atoms. The Balaban J connectivity index is 1.95. The van der Waals surface area contributed by atoms with Gasteiger partial charge in [-0.25, -0.2) is 19.2 Å². The molecule has 2 N–H and O–H groups in total. The molecule has 1 aliphatic rings. The van der Waals surface area contributed by atoms with E-state index in [1.165, 1.54) is 6.92 Å². The van der Waals surface area contributed by atoms with E-state index in [4.69, 9.17) is 0 Å². The lowest BCUT2D eigenvalue weighted by atomic mass is 10.0. The van der Waals surface area contributed by atoms with Gasteiger partial charge in [-0.3, -0.25) is 4.79 Å². The summed E-state index contributed by atoms with van der Waals surface area (Å²) in [6.07, 6.45) is -8.79. The van der Waals surface area contributed by atoms with Crippen LogP contribution in [0.3, 0.4) is 0 Å². The van der Waals surface area contributed by atoms with Crippen LogP contribution in [-0.2, 0) is 11.0 Å². The molecule has 3 rings (SSSR count). The van der Waals surface area contributed by atoms with E-state index in [9.17, 15) is 40.3 Å². The summed E-state index contributed by atoms with van der Waals surface area (Å²) in [5.41, 5.74) is -2.23. The summed E-state index contributed by atoms with van der Waals surface area (Å²) in [5, 5.41) is 4.99. The molecule has 2 aromatic rings. The number of nitrogens with zero attached hydrogens (tertiary/aromatic N) is 3. The van der Waals surface area contributed by atoms with Crippen molar-refractivity contribution in [2.24, 2.45) is 0 Å². The van der Waals surface area contributed by atoms with Gasteiger partial charge >= 0.3 is 18.4 Å². The molecular formula is C20H18F7N5O3. The molecule has 1 saturated heterocycles. The SMILES string of the molecule is C[C@@H]1C(=O)NCCN1C(=O)N[C@H](c1ccc(OCC(F)(F)F)nc1)c1ccc(F)c(C(F)(F)F)n1. The third kappa shape index (κ3) is 6.48. The lowest BCUT2D eigenvalue weighted by Crippen LogP contribution is -2.58. The first-order valence-electron chi connectivity index (χ1n) is 10.0. The predicted molar refractivity (Wildman–Crippen MR) is 105 cm³/mol. The fourth-order valence-electron chi connectivity index (χ4n) is 3.21. The van der Waals surface area contributed by atoms with Gasteiger partial charge in [-0.05, 0) is 30.7 Å². The summed E-state index contributed by atoms with van der Waals surface area (Å²) >= 11 is 0. The van der Waals surface area contributed by atoms with Gasteiger partial charge in [-0.2, -0.15) is 26.3 Å². The number of urea groups is 1. The van der Waals surface area contributed by atoms with Crippen molar-refractivity contribution in [1.82, 2.24) is 25.5 Å². The Morgan fingerprint density at radius 2 is 1.94 bits per heavy atom. The molecule has 190 valence electrons. The van der Waals surface area contributed by atoms with Crippen LogP contribution >= 0.6 is 0 Å². The van der Waals surface area contributed by atoms with Gasteiger partial charge in [-0.15, -0.1) is 0 Å². The maximum atomic E-state index is 13.8. The third-order valence-corrected chi connectivity index (χ3v) is 4.94. The second kappa shape index (κ2) is 9.92. The summed E-state index contributed by atoms with van der Waals surface area (Å²) in [6, 6.07) is 0.457. The molecule has 0 spiro atoms. The van der Waals surface area contributed by atoms with Crippen molar-refractivity contribution in [2.45, 2.75) is 31.4 Å². The Labute approximate surface area is 193 Å². The van der Waals surface area contributed by atoms with Gasteiger partial charge in [0.05, 0.1) is 11.7 Å². The van der Waals surface area contributed by atoms with E-state index in [-0.39, 0.29) is 18.7 Å². The minimum atomic E-state index is -5.14. The number of alkyl halides is 6. The number of piperazine rings is 1. The van der Waals surface area contributed by atoms with Crippen LogP contribution in [0.25, 0.3) is 0 Å². The quantitative estimate of drug-likeness (QED) is 0.604. The van der Waals surface area contributed by atoms with Crippen molar-refractivity contribution >= 4 is 11.9 Å². The highest BCUT2D eigenvalue weighted by molar-refractivity contribution is 5.88. The van der Waals surface area contributed by atoms with Crippen molar-refractivity contribution in [1.29, 1.82) is 0 Å². The minimum absolute atomic E-state index is 0.0130. The largest absolute Gasteiger partial charge is 0.468 e. The maximum absolute atomic E-state index is 13.8. The number of amides is 3. The van der Waals surface area contributed by atoms with Gasteiger partial charge in [0.1, 0.15) is 6.04 Å². The monoisotopic (exact) mass is 509 g/mol. The van der Waals surface area contributed by atoms with Crippen LogP contribution in [0.5, 0.6) is 5.88 Å². The molecule has 1 fully saturated rings. The molecule has 0 aliphatic carbocycles. The number of carbonyl (C=O) groups excluding carboxylic acids is 2. The van der Waals surface area contributed by atoms with Crippen molar-refractivity contribution < 1.29 is 45.1 Å². The van der Waals surface area contributed by atoms with Crippen molar-refractivity contribution in [3.05, 3.63) is 53.2 Å². The summed E-state index contributed by atoms with van der Waals surface area (Å²) < 4.78 is 95.0. The first kappa shape index (κ1) is 26.0. The number of hydrogen-bond acceptors (Lipinski definition) is 5. The molecule has 0 radical (unpaired) electrons. The van der Waals surface area contributed by atoms with Gasteiger partial charge in [0.25, 0.3) is 0 Å². The Bertz CT molecular complexity index is 1080. The molecule has 2 aromatic heterocycles. The number of nitrogens with one attached hydrogen (secondary N) is 2. The molecule has 8 nitrogen and oxygen atoms in total. The molecule has 3 amide bonds. The normalized spacial score (nSPS) is 17.5. The molecule has 2 atom stereocenters. The van der Waals surface area contributed by atoms with E-state index in [2.05, 4.69) is 25.3 Å². The lowest BCUT2D eigenvalue weighted by molar-refractivity contribution is -0.154. The highest BCUT2D eigenvalue weighted by Gasteiger charge is 2.38. The topological polar surface area (TPSA) is 96.5 Å². The van der Waals surface area contributed by atoms with E-state index >= 15 is 0 Å². The summed E-state index contributed by atoms with van der Waals surface area (Å²) in [5.74, 6) is -2.52. The first-order valence-corrected chi connectivity index (χ1v) is 10.0. The number of halogens is 7. The van der Waals surface area contributed by atoms with Crippen LogP contribution in [0.2, 0.25) is 0 Å². The average Bonchev–Trinajstić information content (AvgIpc) is 2.77. The Morgan fingerprint density at radius 1 is 1.23 bits per heavy atom. The number of rotatable bonds is 5. The van der Waals surface area contributed by atoms with Crippen molar-refractivity contribution in [3.8, 4) is 5.88 Å². The molecule has 0 saturated carbocycles. The van der Waals surface area contributed by atoms with Crippen LogP contribution in [0.1, 0.15) is 29.9 Å². The molecule has 1 aliphatic heterocycles. The van der Waals surface area contributed by atoms with Crippen LogP contribution in [0.4, 0.5) is 35.5 Å². The Hall–Kier alpha value is -3.65. The van der Waals surface area contributed by atoms with Gasteiger partial charge in [0.2, 0.25) is 11.8 Å². The summed E-state index contributed by atoms with van der Waals surface area (Å²) in [6.45, 7) is 0.0534. The molecule has 0 bridgehead atoms. The first-order chi connectivity index (χ1) is 16.3. The number of aromatic nitrogens is 2. The molecular weight excluding hydrogens is 491 g/mol. The van der Waals surface area contributed by atoms with Crippen LogP contribution in [0.15, 0.2) is 30.5 Å². The second-order valence-corrected chi connectivity index (χ2v) is 7.44. The van der Waals surface area contributed by atoms with Gasteiger partial charge < -0.3 is 20.3 Å². The number of hydrogen-bond donors (Lipinski definition) is 2. The molecule has 3 heterocycles. The van der Waals surface area contributed by atoms with Gasteiger partial charge in [0.15, 0.2) is 18.1 Å². The second-order valence-electron chi connectivity index (χ2n) is 7.44. The fourth-order valence-corrected chi connectivity index (χ4v) is 3.21. The molecule has 0 unspecified atom stereocenters. The highest BCUT2D eigenvalue weighted by Crippen LogP contribution is 2.32. The van der Waals surface area contributed by atoms with Crippen molar-refractivity contribution in [3.63, 3.8) is 0 Å².